The largest absolute Gasteiger partial charge is 0.495 e. The third kappa shape index (κ3) is 6.15. The van der Waals surface area contributed by atoms with Crippen molar-refractivity contribution in [2.45, 2.75) is 29.3 Å². The molecule has 0 unspecified atom stereocenters. The fourth-order valence-corrected chi connectivity index (χ4v) is 4.50. The summed E-state index contributed by atoms with van der Waals surface area (Å²) in [6.45, 7) is 1.45. The van der Waals surface area contributed by atoms with Crippen molar-refractivity contribution >= 4 is 37.6 Å². The molecular formula is C17H20ClN3O6S2. The van der Waals surface area contributed by atoms with E-state index in [9.17, 15) is 21.6 Å². The van der Waals surface area contributed by atoms with Gasteiger partial charge in [-0.3, -0.25) is 4.79 Å². The average Bonchev–Trinajstić information content (AvgIpc) is 2.65. The van der Waals surface area contributed by atoms with Gasteiger partial charge in [0, 0.05) is 11.6 Å². The Bertz CT molecular complexity index is 1100. The van der Waals surface area contributed by atoms with E-state index in [4.69, 9.17) is 21.5 Å². The number of carbonyl (C=O) groups is 1. The van der Waals surface area contributed by atoms with Crippen LogP contribution in [0.4, 0.5) is 0 Å². The Morgan fingerprint density at radius 3 is 2.31 bits per heavy atom. The zero-order valence-electron chi connectivity index (χ0n) is 15.5. The summed E-state index contributed by atoms with van der Waals surface area (Å²) in [6.07, 6.45) is 0. The molecule has 0 heterocycles. The Balaban J connectivity index is 2.04. The van der Waals surface area contributed by atoms with Gasteiger partial charge >= 0.3 is 0 Å². The zero-order valence-corrected chi connectivity index (χ0v) is 17.9. The number of halogens is 1. The number of carbonyl (C=O) groups excluding carboxylic acids is 1. The van der Waals surface area contributed by atoms with Gasteiger partial charge in [-0.15, -0.1) is 0 Å². The lowest BCUT2D eigenvalue weighted by Crippen LogP contribution is -2.44. The first-order valence-electron chi connectivity index (χ1n) is 8.19. The molecule has 0 aromatic heterocycles. The minimum absolute atomic E-state index is 0.0517. The van der Waals surface area contributed by atoms with E-state index in [1.807, 2.05) is 0 Å². The molecule has 0 radical (unpaired) electrons. The molecule has 158 valence electrons. The molecule has 0 saturated heterocycles. The number of hydrogen-bond acceptors (Lipinski definition) is 6. The Morgan fingerprint density at radius 2 is 1.76 bits per heavy atom. The first-order valence-corrected chi connectivity index (χ1v) is 11.6. The van der Waals surface area contributed by atoms with Gasteiger partial charge in [0.1, 0.15) is 10.6 Å². The lowest BCUT2D eigenvalue weighted by atomic mass is 10.2. The monoisotopic (exact) mass is 461 g/mol. The molecule has 2 aromatic rings. The summed E-state index contributed by atoms with van der Waals surface area (Å²) in [5, 5.41) is 7.79. The number of nitrogens with two attached hydrogens (primary N) is 1. The molecule has 0 fully saturated rings. The second kappa shape index (κ2) is 9.09. The zero-order chi connectivity index (χ0) is 21.8. The highest BCUT2D eigenvalue weighted by molar-refractivity contribution is 7.89. The van der Waals surface area contributed by atoms with Crippen LogP contribution in [0, 0.1) is 0 Å². The molecule has 1 atom stereocenters. The van der Waals surface area contributed by atoms with E-state index in [2.05, 4.69) is 10.0 Å². The Kier molecular flexibility index (Phi) is 7.25. The van der Waals surface area contributed by atoms with Crippen LogP contribution in [-0.4, -0.2) is 35.9 Å². The molecule has 4 N–H and O–H groups in total. The van der Waals surface area contributed by atoms with Gasteiger partial charge in [-0.05, 0) is 42.8 Å². The Morgan fingerprint density at radius 1 is 1.14 bits per heavy atom. The summed E-state index contributed by atoms with van der Waals surface area (Å²) < 4.78 is 55.0. The molecule has 0 bridgehead atoms. The van der Waals surface area contributed by atoms with Crippen LogP contribution in [0.2, 0.25) is 5.02 Å². The van der Waals surface area contributed by atoms with E-state index >= 15 is 0 Å². The third-order valence-electron chi connectivity index (χ3n) is 3.86. The van der Waals surface area contributed by atoms with Crippen molar-refractivity contribution in [2.75, 3.05) is 7.11 Å². The molecule has 12 heteroatoms. The summed E-state index contributed by atoms with van der Waals surface area (Å²) in [5.74, 6) is -0.491. The molecule has 0 spiro atoms. The number of primary sulfonamides is 1. The van der Waals surface area contributed by atoms with E-state index in [-0.39, 0.29) is 27.1 Å². The summed E-state index contributed by atoms with van der Waals surface area (Å²) >= 11 is 5.86. The van der Waals surface area contributed by atoms with Gasteiger partial charge < -0.3 is 10.1 Å². The average molecular weight is 462 g/mol. The van der Waals surface area contributed by atoms with Crippen molar-refractivity contribution in [1.82, 2.24) is 10.0 Å². The number of benzene rings is 2. The van der Waals surface area contributed by atoms with Crippen molar-refractivity contribution in [1.29, 1.82) is 0 Å². The van der Waals surface area contributed by atoms with Gasteiger partial charge in [-0.25, -0.2) is 22.0 Å². The maximum atomic E-state index is 12.6. The molecule has 29 heavy (non-hydrogen) atoms. The molecule has 2 aromatic carbocycles. The van der Waals surface area contributed by atoms with Crippen LogP contribution in [0.1, 0.15) is 12.5 Å². The molecule has 0 aliphatic heterocycles. The maximum Gasteiger partial charge on any atom is 0.245 e. The molecule has 1 amide bonds. The normalized spacial score (nSPS) is 13.0. The number of ether oxygens (including phenoxy) is 1. The first-order chi connectivity index (χ1) is 13.4. The van der Waals surface area contributed by atoms with E-state index in [0.717, 1.165) is 0 Å². The quantitative estimate of drug-likeness (QED) is 0.534. The van der Waals surface area contributed by atoms with Gasteiger partial charge in [0.15, 0.2) is 0 Å². The third-order valence-corrected chi connectivity index (χ3v) is 6.59. The van der Waals surface area contributed by atoms with E-state index < -0.39 is 32.0 Å². The van der Waals surface area contributed by atoms with Crippen molar-refractivity contribution in [3.8, 4) is 5.75 Å². The number of nitrogens with one attached hydrogen (secondary N) is 2. The lowest BCUT2D eigenvalue weighted by molar-refractivity contribution is -0.122. The summed E-state index contributed by atoms with van der Waals surface area (Å²) in [7, 11) is -6.56. The highest BCUT2D eigenvalue weighted by Gasteiger charge is 2.25. The number of rotatable bonds is 8. The summed E-state index contributed by atoms with van der Waals surface area (Å²) in [4.78, 5) is 12.0. The highest BCUT2D eigenvalue weighted by atomic mass is 35.5. The van der Waals surface area contributed by atoms with Crippen molar-refractivity contribution in [3.05, 3.63) is 53.1 Å². The van der Waals surface area contributed by atoms with Crippen LogP contribution in [0.3, 0.4) is 0 Å². The number of methoxy groups -OCH3 is 1. The molecule has 9 nitrogen and oxygen atoms in total. The summed E-state index contributed by atoms with van der Waals surface area (Å²) in [5.41, 5.74) is 0.609. The van der Waals surface area contributed by atoms with Crippen LogP contribution in [0.15, 0.2) is 52.3 Å². The van der Waals surface area contributed by atoms with Crippen LogP contribution in [0.5, 0.6) is 5.75 Å². The minimum atomic E-state index is -4.08. The lowest BCUT2D eigenvalue weighted by Gasteiger charge is -2.16. The van der Waals surface area contributed by atoms with Crippen LogP contribution < -0.4 is 19.9 Å². The molecule has 2 rings (SSSR count). The number of hydrogen-bond donors (Lipinski definition) is 3. The van der Waals surface area contributed by atoms with Gasteiger partial charge in [-0.2, -0.15) is 4.72 Å². The number of amides is 1. The van der Waals surface area contributed by atoms with E-state index in [0.29, 0.717) is 5.56 Å². The molecule has 0 aliphatic carbocycles. The van der Waals surface area contributed by atoms with E-state index in [1.165, 1.54) is 56.5 Å². The van der Waals surface area contributed by atoms with E-state index in [1.54, 1.807) is 0 Å². The second-order valence-corrected chi connectivity index (χ2v) is 9.73. The predicted molar refractivity (Wildman–Crippen MR) is 107 cm³/mol. The van der Waals surface area contributed by atoms with Crippen LogP contribution in [-0.2, 0) is 31.4 Å². The minimum Gasteiger partial charge on any atom is -0.495 e. The standard InChI is InChI=1S/C17H20ClN3O6S2/c1-11(21-29(25,26)16-9-13(18)5-8-15(16)27-2)17(22)20-10-12-3-6-14(7-4-12)28(19,23)24/h3-9,11,21H,10H2,1-2H3,(H,20,22)(H2,19,23,24)/t11-/m0/s1. The second-order valence-electron chi connectivity index (χ2n) is 6.04. The Labute approximate surface area is 174 Å². The fraction of sp³-hybridized carbons (Fsp3) is 0.235. The molecule has 0 saturated carbocycles. The SMILES string of the molecule is COc1ccc(Cl)cc1S(=O)(=O)N[C@@H](C)C(=O)NCc1ccc(S(N)(=O)=O)cc1. The predicted octanol–water partition coefficient (Wildman–Crippen LogP) is 0.979. The van der Waals surface area contributed by atoms with Gasteiger partial charge in [-0.1, -0.05) is 23.7 Å². The Hall–Kier alpha value is -2.18. The topological polar surface area (TPSA) is 145 Å². The van der Waals surface area contributed by atoms with Gasteiger partial charge in [0.2, 0.25) is 26.0 Å². The maximum absolute atomic E-state index is 12.6. The smallest absolute Gasteiger partial charge is 0.245 e. The van der Waals surface area contributed by atoms with Crippen molar-refractivity contribution in [2.24, 2.45) is 5.14 Å². The van der Waals surface area contributed by atoms with Gasteiger partial charge in [0.25, 0.3) is 0 Å². The fourth-order valence-electron chi connectivity index (χ4n) is 2.35. The van der Waals surface area contributed by atoms with Crippen molar-refractivity contribution < 1.29 is 26.4 Å². The van der Waals surface area contributed by atoms with Crippen LogP contribution in [0.25, 0.3) is 0 Å². The number of sulfonamides is 2. The van der Waals surface area contributed by atoms with Crippen LogP contribution >= 0.6 is 11.6 Å². The first kappa shape index (κ1) is 23.1. The molecular weight excluding hydrogens is 442 g/mol. The summed E-state index contributed by atoms with van der Waals surface area (Å²) in [6, 6.07) is 8.64. The van der Waals surface area contributed by atoms with Gasteiger partial charge in [0.05, 0.1) is 18.0 Å². The van der Waals surface area contributed by atoms with Crippen molar-refractivity contribution in [3.63, 3.8) is 0 Å². The highest BCUT2D eigenvalue weighted by Crippen LogP contribution is 2.27. The molecule has 0 aliphatic rings.